The SMILES string of the molecule is COc1ccc(CCC(=O)Nc2ccccc2CN2CCCC2C(N)=O)c(OC)c1OC. The number of hydrogen-bond acceptors (Lipinski definition) is 6. The number of primary amides is 1. The molecule has 2 aromatic rings. The molecule has 172 valence electrons. The van der Waals surface area contributed by atoms with Gasteiger partial charge in [-0.1, -0.05) is 24.3 Å². The molecule has 0 radical (unpaired) electrons. The van der Waals surface area contributed by atoms with E-state index in [0.717, 1.165) is 36.2 Å². The summed E-state index contributed by atoms with van der Waals surface area (Å²) >= 11 is 0. The summed E-state index contributed by atoms with van der Waals surface area (Å²) in [6.45, 7) is 1.38. The van der Waals surface area contributed by atoms with Gasteiger partial charge in [0.15, 0.2) is 11.5 Å². The Balaban J connectivity index is 1.67. The molecule has 1 fully saturated rings. The van der Waals surface area contributed by atoms with Gasteiger partial charge in [-0.15, -0.1) is 0 Å². The van der Waals surface area contributed by atoms with Crippen LogP contribution in [-0.4, -0.2) is 50.6 Å². The van der Waals surface area contributed by atoms with Crippen molar-refractivity contribution in [1.82, 2.24) is 4.90 Å². The molecule has 1 saturated heterocycles. The molecule has 0 bridgehead atoms. The lowest BCUT2D eigenvalue weighted by Crippen LogP contribution is -2.39. The minimum Gasteiger partial charge on any atom is -0.493 e. The van der Waals surface area contributed by atoms with Crippen LogP contribution < -0.4 is 25.3 Å². The summed E-state index contributed by atoms with van der Waals surface area (Å²) in [6.07, 6.45) is 2.47. The summed E-state index contributed by atoms with van der Waals surface area (Å²) in [6, 6.07) is 11.1. The number of benzene rings is 2. The zero-order valence-electron chi connectivity index (χ0n) is 18.8. The number of hydrogen-bond donors (Lipinski definition) is 2. The van der Waals surface area contributed by atoms with Crippen LogP contribution in [0.15, 0.2) is 36.4 Å². The number of methoxy groups -OCH3 is 3. The molecule has 3 rings (SSSR count). The van der Waals surface area contributed by atoms with Gasteiger partial charge in [0.1, 0.15) is 0 Å². The fraction of sp³-hybridized carbons (Fsp3) is 0.417. The predicted molar refractivity (Wildman–Crippen MR) is 122 cm³/mol. The number of para-hydroxylation sites is 1. The van der Waals surface area contributed by atoms with Crippen molar-refractivity contribution < 1.29 is 23.8 Å². The fourth-order valence-corrected chi connectivity index (χ4v) is 4.16. The number of ether oxygens (including phenoxy) is 3. The molecule has 2 amide bonds. The van der Waals surface area contributed by atoms with Gasteiger partial charge in [0.2, 0.25) is 17.6 Å². The zero-order chi connectivity index (χ0) is 23.1. The maximum absolute atomic E-state index is 12.7. The topological polar surface area (TPSA) is 103 Å². The van der Waals surface area contributed by atoms with Crippen molar-refractivity contribution in [2.45, 2.75) is 38.3 Å². The van der Waals surface area contributed by atoms with Crippen LogP contribution in [0.5, 0.6) is 17.2 Å². The van der Waals surface area contributed by atoms with E-state index in [1.807, 2.05) is 30.3 Å². The van der Waals surface area contributed by atoms with Crippen molar-refractivity contribution in [3.63, 3.8) is 0 Å². The van der Waals surface area contributed by atoms with Crippen molar-refractivity contribution in [3.05, 3.63) is 47.5 Å². The third-order valence-corrected chi connectivity index (χ3v) is 5.76. The molecule has 2 aromatic carbocycles. The highest BCUT2D eigenvalue weighted by molar-refractivity contribution is 5.91. The molecule has 1 aliphatic heterocycles. The van der Waals surface area contributed by atoms with Crippen LogP contribution in [0.2, 0.25) is 0 Å². The van der Waals surface area contributed by atoms with Crippen molar-refractivity contribution >= 4 is 17.5 Å². The summed E-state index contributed by atoms with van der Waals surface area (Å²) in [5, 5.41) is 3.01. The molecule has 8 heteroatoms. The zero-order valence-corrected chi connectivity index (χ0v) is 18.8. The van der Waals surface area contributed by atoms with Gasteiger partial charge in [0, 0.05) is 18.7 Å². The van der Waals surface area contributed by atoms with Crippen molar-refractivity contribution in [2.24, 2.45) is 5.73 Å². The molecule has 1 heterocycles. The molecule has 0 aromatic heterocycles. The Morgan fingerprint density at radius 1 is 1.03 bits per heavy atom. The van der Waals surface area contributed by atoms with Gasteiger partial charge >= 0.3 is 0 Å². The van der Waals surface area contributed by atoms with Gasteiger partial charge in [-0.05, 0) is 49.1 Å². The Labute approximate surface area is 188 Å². The summed E-state index contributed by atoms with van der Waals surface area (Å²) < 4.78 is 16.2. The summed E-state index contributed by atoms with van der Waals surface area (Å²) in [5.41, 5.74) is 8.10. The highest BCUT2D eigenvalue weighted by atomic mass is 16.5. The predicted octanol–water partition coefficient (Wildman–Crippen LogP) is 2.73. The number of aryl methyl sites for hydroxylation is 1. The van der Waals surface area contributed by atoms with Gasteiger partial charge in [0.05, 0.1) is 27.4 Å². The normalized spacial score (nSPS) is 15.9. The summed E-state index contributed by atoms with van der Waals surface area (Å²) in [7, 11) is 4.68. The maximum Gasteiger partial charge on any atom is 0.234 e. The minimum absolute atomic E-state index is 0.109. The van der Waals surface area contributed by atoms with E-state index < -0.39 is 0 Å². The van der Waals surface area contributed by atoms with Gasteiger partial charge in [0.25, 0.3) is 0 Å². The van der Waals surface area contributed by atoms with E-state index in [-0.39, 0.29) is 24.3 Å². The molecule has 0 spiro atoms. The molecule has 0 aliphatic carbocycles. The first-order valence-corrected chi connectivity index (χ1v) is 10.7. The van der Waals surface area contributed by atoms with E-state index in [9.17, 15) is 9.59 Å². The van der Waals surface area contributed by atoms with E-state index in [4.69, 9.17) is 19.9 Å². The average Bonchev–Trinajstić information content (AvgIpc) is 3.26. The van der Waals surface area contributed by atoms with Crippen LogP contribution in [0.25, 0.3) is 0 Å². The lowest BCUT2D eigenvalue weighted by molar-refractivity contribution is -0.122. The van der Waals surface area contributed by atoms with Gasteiger partial charge in [-0.3, -0.25) is 14.5 Å². The maximum atomic E-state index is 12.7. The number of carbonyl (C=O) groups is 2. The summed E-state index contributed by atoms with van der Waals surface area (Å²) in [5.74, 6) is 1.23. The van der Waals surface area contributed by atoms with Crippen LogP contribution in [0.4, 0.5) is 5.69 Å². The number of nitrogens with two attached hydrogens (primary N) is 1. The van der Waals surface area contributed by atoms with Gasteiger partial charge in [-0.2, -0.15) is 0 Å². The highest BCUT2D eigenvalue weighted by Crippen LogP contribution is 2.40. The molecule has 32 heavy (non-hydrogen) atoms. The Kier molecular flexibility index (Phi) is 7.94. The number of amides is 2. The first-order valence-electron chi connectivity index (χ1n) is 10.7. The van der Waals surface area contributed by atoms with Crippen molar-refractivity contribution in [3.8, 4) is 17.2 Å². The molecule has 3 N–H and O–H groups in total. The number of nitrogens with zero attached hydrogens (tertiary/aromatic N) is 1. The van der Waals surface area contributed by atoms with E-state index >= 15 is 0 Å². The van der Waals surface area contributed by atoms with E-state index in [1.165, 1.54) is 0 Å². The number of nitrogens with one attached hydrogen (secondary N) is 1. The smallest absolute Gasteiger partial charge is 0.234 e. The van der Waals surface area contributed by atoms with Crippen LogP contribution in [-0.2, 0) is 22.6 Å². The monoisotopic (exact) mass is 441 g/mol. The number of rotatable bonds is 10. The first kappa shape index (κ1) is 23.4. The van der Waals surface area contributed by atoms with Gasteiger partial charge in [-0.25, -0.2) is 0 Å². The fourth-order valence-electron chi connectivity index (χ4n) is 4.16. The number of anilines is 1. The van der Waals surface area contributed by atoms with Crippen LogP contribution in [0.1, 0.15) is 30.4 Å². The largest absolute Gasteiger partial charge is 0.493 e. The summed E-state index contributed by atoms with van der Waals surface area (Å²) in [4.78, 5) is 26.5. The van der Waals surface area contributed by atoms with Crippen molar-refractivity contribution in [1.29, 1.82) is 0 Å². The second-order valence-electron chi connectivity index (χ2n) is 7.73. The highest BCUT2D eigenvalue weighted by Gasteiger charge is 2.29. The van der Waals surface area contributed by atoms with Crippen molar-refractivity contribution in [2.75, 3.05) is 33.2 Å². The lowest BCUT2D eigenvalue weighted by Gasteiger charge is -2.23. The molecular formula is C24H31N3O5. The minimum atomic E-state index is -0.298. The van der Waals surface area contributed by atoms with Crippen LogP contribution in [0.3, 0.4) is 0 Å². The number of carbonyl (C=O) groups excluding carboxylic acids is 2. The third kappa shape index (κ3) is 5.31. The Morgan fingerprint density at radius 2 is 1.78 bits per heavy atom. The van der Waals surface area contributed by atoms with E-state index in [0.29, 0.717) is 30.2 Å². The Hall–Kier alpha value is -3.26. The Bertz CT molecular complexity index is 963. The molecule has 1 atom stereocenters. The standard InChI is InChI=1S/C24H31N3O5/c1-30-20-12-10-16(22(31-2)23(20)32-3)11-13-21(28)26-18-8-5-4-7-17(18)15-27-14-6-9-19(27)24(25)29/h4-5,7-8,10,12,19H,6,9,11,13-15H2,1-3H3,(H2,25,29)(H,26,28). The Morgan fingerprint density at radius 3 is 2.47 bits per heavy atom. The van der Waals surface area contributed by atoms with Gasteiger partial charge < -0.3 is 25.3 Å². The molecular weight excluding hydrogens is 410 g/mol. The number of likely N-dealkylation sites (tertiary alicyclic amines) is 1. The van der Waals surface area contributed by atoms with Crippen LogP contribution >= 0.6 is 0 Å². The molecule has 0 saturated carbocycles. The van der Waals surface area contributed by atoms with E-state index in [1.54, 1.807) is 27.4 Å². The second kappa shape index (κ2) is 10.9. The molecule has 1 aliphatic rings. The lowest BCUT2D eigenvalue weighted by atomic mass is 10.1. The average molecular weight is 442 g/mol. The van der Waals surface area contributed by atoms with E-state index in [2.05, 4.69) is 10.2 Å². The van der Waals surface area contributed by atoms with Crippen LogP contribution in [0, 0.1) is 0 Å². The quantitative estimate of drug-likeness (QED) is 0.588. The third-order valence-electron chi connectivity index (χ3n) is 5.76. The molecule has 8 nitrogen and oxygen atoms in total. The first-order chi connectivity index (χ1) is 15.5. The molecule has 1 unspecified atom stereocenters. The second-order valence-corrected chi connectivity index (χ2v) is 7.73.